The van der Waals surface area contributed by atoms with Gasteiger partial charge in [0.2, 0.25) is 5.91 Å². The van der Waals surface area contributed by atoms with Crippen molar-refractivity contribution in [3.63, 3.8) is 0 Å². The van der Waals surface area contributed by atoms with Gasteiger partial charge in [-0.1, -0.05) is 24.3 Å². The van der Waals surface area contributed by atoms with Crippen molar-refractivity contribution >= 4 is 50.8 Å². The normalized spacial score (nSPS) is 16.7. The lowest BCUT2D eigenvalue weighted by Crippen LogP contribution is -2.44. The Labute approximate surface area is 211 Å². The topological polar surface area (TPSA) is 76.2 Å². The van der Waals surface area contributed by atoms with E-state index in [0.717, 1.165) is 28.6 Å². The number of hydrogen-bond donors (Lipinski definition) is 0. The summed E-state index contributed by atoms with van der Waals surface area (Å²) in [6.45, 7) is 5.49. The summed E-state index contributed by atoms with van der Waals surface area (Å²) in [6, 6.07) is 11.6. The van der Waals surface area contributed by atoms with Crippen LogP contribution >= 0.6 is 27.7 Å². The van der Waals surface area contributed by atoms with E-state index in [1.165, 1.54) is 5.56 Å². The van der Waals surface area contributed by atoms with Gasteiger partial charge in [-0.25, -0.2) is 0 Å². The zero-order chi connectivity index (χ0) is 24.2. The molecular formula is C25H25BrN2O5S. The number of carbonyl (C=O) groups excluding carboxylic acids is 3. The van der Waals surface area contributed by atoms with Gasteiger partial charge in [-0.3, -0.25) is 19.3 Å². The molecule has 2 aromatic carbocycles. The van der Waals surface area contributed by atoms with E-state index in [9.17, 15) is 14.4 Å². The number of nitrogens with zero attached hydrogens (tertiary/aromatic N) is 2. The number of imide groups is 1. The molecule has 9 heteroatoms. The molecule has 4 rings (SSSR count). The summed E-state index contributed by atoms with van der Waals surface area (Å²) in [5.41, 5.74) is 3.01. The molecule has 1 fully saturated rings. The molecule has 0 spiro atoms. The summed E-state index contributed by atoms with van der Waals surface area (Å²) >= 11 is 4.33. The van der Waals surface area contributed by atoms with Crippen molar-refractivity contribution in [2.45, 2.75) is 26.8 Å². The van der Waals surface area contributed by atoms with Crippen LogP contribution in [-0.4, -0.2) is 53.2 Å². The maximum absolute atomic E-state index is 13.0. The molecule has 0 aromatic heterocycles. The maximum atomic E-state index is 13.0. The lowest BCUT2D eigenvalue weighted by Gasteiger charge is -2.29. The van der Waals surface area contributed by atoms with E-state index in [1.807, 2.05) is 32.0 Å². The molecule has 2 aliphatic heterocycles. The second kappa shape index (κ2) is 10.7. The largest absolute Gasteiger partial charge is 0.490 e. The van der Waals surface area contributed by atoms with Gasteiger partial charge in [0.15, 0.2) is 11.5 Å². The fraction of sp³-hybridized carbons (Fsp3) is 0.320. The molecule has 0 bridgehead atoms. The highest BCUT2D eigenvalue weighted by Gasteiger charge is 2.37. The summed E-state index contributed by atoms with van der Waals surface area (Å²) in [4.78, 5) is 41.4. The van der Waals surface area contributed by atoms with Gasteiger partial charge in [0.05, 0.1) is 22.6 Å². The standard InChI is InChI=1S/C25H25BrN2O5S/c1-3-32-20-12-16(11-19(26)23(20)33-4-2)13-21-24(30)28(25(31)34-21)15-22(29)27-10-9-17-7-5-6-8-18(17)14-27/h5-8,11-13H,3-4,9-10,14-15H2,1-2H3/b21-13+. The molecule has 0 N–H and O–H groups in total. The Balaban J connectivity index is 1.49. The Hall–Kier alpha value is -2.78. The third-order valence-electron chi connectivity index (χ3n) is 5.57. The van der Waals surface area contributed by atoms with Crippen LogP contribution in [0.4, 0.5) is 4.79 Å². The summed E-state index contributed by atoms with van der Waals surface area (Å²) in [7, 11) is 0. The minimum atomic E-state index is -0.469. The van der Waals surface area contributed by atoms with E-state index >= 15 is 0 Å². The number of rotatable bonds is 7. The first kappa shape index (κ1) is 24.3. The van der Waals surface area contributed by atoms with Crippen LogP contribution in [0.25, 0.3) is 6.08 Å². The summed E-state index contributed by atoms with van der Waals surface area (Å²) in [6.07, 6.45) is 2.40. The minimum absolute atomic E-state index is 0.236. The third-order valence-corrected chi connectivity index (χ3v) is 7.06. The number of fused-ring (bicyclic) bond motifs is 1. The average molecular weight is 545 g/mol. The molecular weight excluding hydrogens is 520 g/mol. The van der Waals surface area contributed by atoms with E-state index in [-0.39, 0.29) is 17.4 Å². The van der Waals surface area contributed by atoms with Crippen molar-refractivity contribution in [2.24, 2.45) is 0 Å². The zero-order valence-corrected chi connectivity index (χ0v) is 21.4. The second-order valence-electron chi connectivity index (χ2n) is 7.80. The quantitative estimate of drug-likeness (QED) is 0.463. The van der Waals surface area contributed by atoms with Crippen molar-refractivity contribution in [3.05, 3.63) is 62.5 Å². The maximum Gasteiger partial charge on any atom is 0.294 e. The number of amides is 3. The summed E-state index contributed by atoms with van der Waals surface area (Å²) < 4.78 is 12.0. The fourth-order valence-electron chi connectivity index (χ4n) is 3.95. The lowest BCUT2D eigenvalue weighted by molar-refractivity contribution is -0.136. The van der Waals surface area contributed by atoms with E-state index < -0.39 is 11.1 Å². The van der Waals surface area contributed by atoms with Gasteiger partial charge >= 0.3 is 0 Å². The summed E-state index contributed by atoms with van der Waals surface area (Å²) in [5, 5.41) is -0.447. The average Bonchev–Trinajstić information content (AvgIpc) is 3.08. The highest BCUT2D eigenvalue weighted by atomic mass is 79.9. The number of thioether (sulfide) groups is 1. The summed E-state index contributed by atoms with van der Waals surface area (Å²) in [5.74, 6) is 0.428. The Morgan fingerprint density at radius 2 is 1.85 bits per heavy atom. The van der Waals surface area contributed by atoms with Crippen LogP contribution in [0.15, 0.2) is 45.8 Å². The Bertz CT molecular complexity index is 1170. The highest BCUT2D eigenvalue weighted by molar-refractivity contribution is 9.10. The Morgan fingerprint density at radius 3 is 2.59 bits per heavy atom. The molecule has 0 radical (unpaired) electrons. The van der Waals surface area contributed by atoms with Gasteiger partial charge in [0.25, 0.3) is 11.1 Å². The second-order valence-corrected chi connectivity index (χ2v) is 9.65. The molecule has 2 aromatic rings. The van der Waals surface area contributed by atoms with E-state index in [1.54, 1.807) is 23.1 Å². The van der Waals surface area contributed by atoms with Crippen molar-refractivity contribution < 1.29 is 23.9 Å². The van der Waals surface area contributed by atoms with Crippen LogP contribution in [0.2, 0.25) is 0 Å². The van der Waals surface area contributed by atoms with Crippen molar-refractivity contribution in [1.82, 2.24) is 9.80 Å². The number of ether oxygens (including phenoxy) is 2. The van der Waals surface area contributed by atoms with Gasteiger partial charge in [0.1, 0.15) is 6.54 Å². The predicted octanol–water partition coefficient (Wildman–Crippen LogP) is 4.87. The molecule has 178 valence electrons. The molecule has 0 aliphatic carbocycles. The van der Waals surface area contributed by atoms with Crippen molar-refractivity contribution in [1.29, 1.82) is 0 Å². The fourth-order valence-corrected chi connectivity index (χ4v) is 5.36. The molecule has 7 nitrogen and oxygen atoms in total. The smallest absolute Gasteiger partial charge is 0.294 e. The van der Waals surface area contributed by atoms with E-state index in [2.05, 4.69) is 22.0 Å². The molecule has 0 unspecified atom stereocenters. The first-order valence-electron chi connectivity index (χ1n) is 11.1. The Morgan fingerprint density at radius 1 is 1.12 bits per heavy atom. The van der Waals surface area contributed by atoms with Gasteiger partial charge in [-0.15, -0.1) is 0 Å². The van der Waals surface area contributed by atoms with Crippen LogP contribution < -0.4 is 9.47 Å². The number of hydrogen-bond acceptors (Lipinski definition) is 6. The van der Waals surface area contributed by atoms with Crippen LogP contribution in [-0.2, 0) is 22.6 Å². The molecule has 2 aliphatic rings. The predicted molar refractivity (Wildman–Crippen MR) is 135 cm³/mol. The SMILES string of the molecule is CCOc1cc(/C=C2/SC(=O)N(CC(=O)N3CCc4ccccc4C3)C2=O)cc(Br)c1OCC. The number of benzene rings is 2. The molecule has 0 atom stereocenters. The van der Waals surface area contributed by atoms with Crippen LogP contribution in [0.5, 0.6) is 11.5 Å². The van der Waals surface area contributed by atoms with Gasteiger partial charge in [0, 0.05) is 13.1 Å². The van der Waals surface area contributed by atoms with Gasteiger partial charge in [-0.05, 0) is 82.9 Å². The highest BCUT2D eigenvalue weighted by Crippen LogP contribution is 2.39. The van der Waals surface area contributed by atoms with E-state index in [4.69, 9.17) is 9.47 Å². The van der Waals surface area contributed by atoms with Crippen molar-refractivity contribution in [3.8, 4) is 11.5 Å². The molecule has 34 heavy (non-hydrogen) atoms. The van der Waals surface area contributed by atoms with Crippen molar-refractivity contribution in [2.75, 3.05) is 26.3 Å². The zero-order valence-electron chi connectivity index (χ0n) is 19.0. The van der Waals surface area contributed by atoms with E-state index in [0.29, 0.717) is 47.8 Å². The molecule has 3 amide bonds. The molecule has 0 saturated carbocycles. The first-order valence-corrected chi connectivity index (χ1v) is 12.7. The van der Waals surface area contributed by atoms with Gasteiger partial charge in [-0.2, -0.15) is 0 Å². The van der Waals surface area contributed by atoms with Crippen LogP contribution in [0.3, 0.4) is 0 Å². The minimum Gasteiger partial charge on any atom is -0.490 e. The van der Waals surface area contributed by atoms with Crippen LogP contribution in [0.1, 0.15) is 30.5 Å². The third kappa shape index (κ3) is 5.15. The number of halogens is 1. The Kier molecular flexibility index (Phi) is 7.63. The first-order chi connectivity index (χ1) is 16.4. The van der Waals surface area contributed by atoms with Crippen LogP contribution in [0, 0.1) is 0 Å². The molecule has 1 saturated heterocycles. The molecule has 2 heterocycles. The monoisotopic (exact) mass is 544 g/mol. The number of carbonyl (C=O) groups is 3. The van der Waals surface area contributed by atoms with Gasteiger partial charge < -0.3 is 14.4 Å². The lowest BCUT2D eigenvalue weighted by atomic mass is 10.00.